The standard InChI is InChI=1S/C6H14O2.CH2Cl2/c1-3-7-5-6-8-4-2;2-1-3/h3-6H2,1-2H3;1H2. The lowest BCUT2D eigenvalue weighted by Gasteiger charge is -1.99. The first-order valence-electron chi connectivity index (χ1n) is 3.60. The molecule has 0 saturated carbocycles. The molecule has 0 radical (unpaired) electrons. The van der Waals surface area contributed by atoms with Crippen molar-refractivity contribution in [3.8, 4) is 0 Å². The molecule has 0 heterocycles. The molecule has 0 unspecified atom stereocenters. The van der Waals surface area contributed by atoms with Crippen molar-refractivity contribution in [2.75, 3.05) is 31.8 Å². The molecule has 11 heavy (non-hydrogen) atoms. The minimum atomic E-state index is 0.194. The zero-order chi connectivity index (χ0) is 8.95. The van der Waals surface area contributed by atoms with Crippen molar-refractivity contribution in [2.45, 2.75) is 13.8 Å². The summed E-state index contributed by atoms with van der Waals surface area (Å²) in [6, 6.07) is 0. The van der Waals surface area contributed by atoms with Crippen LogP contribution < -0.4 is 0 Å². The number of hydrogen-bond donors (Lipinski definition) is 0. The van der Waals surface area contributed by atoms with Gasteiger partial charge in [-0.3, -0.25) is 0 Å². The first kappa shape index (κ1) is 14.0. The van der Waals surface area contributed by atoms with Crippen LogP contribution in [0.1, 0.15) is 13.8 Å². The lowest BCUT2D eigenvalue weighted by molar-refractivity contribution is 0.0584. The van der Waals surface area contributed by atoms with Crippen LogP contribution in [0.25, 0.3) is 0 Å². The summed E-state index contributed by atoms with van der Waals surface area (Å²) in [5, 5.41) is 0.194. The molecule has 0 bridgehead atoms. The Bertz CT molecular complexity index is 47.7. The second kappa shape index (κ2) is 16.8. The van der Waals surface area contributed by atoms with Crippen LogP contribution in [0.5, 0.6) is 0 Å². The fourth-order valence-electron chi connectivity index (χ4n) is 0.407. The molecule has 0 aliphatic heterocycles. The van der Waals surface area contributed by atoms with Crippen LogP contribution >= 0.6 is 23.2 Å². The zero-order valence-corrected chi connectivity index (χ0v) is 8.62. The minimum Gasteiger partial charge on any atom is -0.379 e. The molecule has 0 amide bonds. The lowest BCUT2D eigenvalue weighted by atomic mass is 10.7. The van der Waals surface area contributed by atoms with E-state index in [1.165, 1.54) is 0 Å². The van der Waals surface area contributed by atoms with Crippen LogP contribution in [-0.4, -0.2) is 31.8 Å². The maximum atomic E-state index is 5.01. The minimum absolute atomic E-state index is 0.194. The van der Waals surface area contributed by atoms with Crippen LogP contribution in [0.15, 0.2) is 0 Å². The smallest absolute Gasteiger partial charge is 0.0967 e. The van der Waals surface area contributed by atoms with Crippen molar-refractivity contribution in [1.29, 1.82) is 0 Å². The first-order valence-corrected chi connectivity index (χ1v) is 4.67. The summed E-state index contributed by atoms with van der Waals surface area (Å²) in [7, 11) is 0. The molecule has 0 aromatic rings. The maximum Gasteiger partial charge on any atom is 0.0967 e. The van der Waals surface area contributed by atoms with Gasteiger partial charge in [-0.2, -0.15) is 0 Å². The van der Waals surface area contributed by atoms with Crippen LogP contribution in [0.3, 0.4) is 0 Å². The molecule has 2 nitrogen and oxygen atoms in total. The number of halogens is 2. The lowest BCUT2D eigenvalue weighted by Crippen LogP contribution is -2.02. The average Bonchev–Trinajstić information content (AvgIpc) is 2.00. The van der Waals surface area contributed by atoms with Gasteiger partial charge in [0.2, 0.25) is 0 Å². The van der Waals surface area contributed by atoms with E-state index < -0.39 is 0 Å². The molecule has 0 aliphatic rings. The molecule has 0 fully saturated rings. The van der Waals surface area contributed by atoms with Crippen LogP contribution in [0.4, 0.5) is 0 Å². The van der Waals surface area contributed by atoms with Crippen LogP contribution in [-0.2, 0) is 9.47 Å². The maximum absolute atomic E-state index is 5.01. The number of rotatable bonds is 5. The highest BCUT2D eigenvalue weighted by molar-refractivity contribution is 6.40. The summed E-state index contributed by atoms with van der Waals surface area (Å²) >= 11 is 9.53. The van der Waals surface area contributed by atoms with Crippen molar-refractivity contribution in [2.24, 2.45) is 0 Å². The topological polar surface area (TPSA) is 18.5 Å². The number of ether oxygens (including phenoxy) is 2. The van der Waals surface area contributed by atoms with Crippen molar-refractivity contribution < 1.29 is 9.47 Å². The van der Waals surface area contributed by atoms with E-state index in [9.17, 15) is 0 Å². The Labute approximate surface area is 78.8 Å². The van der Waals surface area contributed by atoms with Gasteiger partial charge in [-0.05, 0) is 13.8 Å². The average molecular weight is 203 g/mol. The predicted molar refractivity (Wildman–Crippen MR) is 49.6 cm³/mol. The Morgan fingerprint density at radius 3 is 1.36 bits per heavy atom. The molecular formula is C7H16Cl2O2. The molecule has 0 spiro atoms. The molecular weight excluding hydrogens is 187 g/mol. The third-order valence-electron chi connectivity index (χ3n) is 0.780. The van der Waals surface area contributed by atoms with E-state index in [0.717, 1.165) is 26.4 Å². The van der Waals surface area contributed by atoms with E-state index >= 15 is 0 Å². The van der Waals surface area contributed by atoms with Gasteiger partial charge in [0.1, 0.15) is 0 Å². The van der Waals surface area contributed by atoms with Crippen molar-refractivity contribution in [1.82, 2.24) is 0 Å². The highest BCUT2D eigenvalue weighted by atomic mass is 35.5. The Balaban J connectivity index is 0. The molecule has 0 aromatic carbocycles. The number of hydrogen-bond acceptors (Lipinski definition) is 2. The van der Waals surface area contributed by atoms with Crippen LogP contribution in [0.2, 0.25) is 0 Å². The van der Waals surface area contributed by atoms with E-state index in [1.807, 2.05) is 13.8 Å². The van der Waals surface area contributed by atoms with Crippen molar-refractivity contribution in [3.05, 3.63) is 0 Å². The first-order chi connectivity index (χ1) is 5.33. The molecule has 0 atom stereocenters. The van der Waals surface area contributed by atoms with Gasteiger partial charge in [0.15, 0.2) is 0 Å². The van der Waals surface area contributed by atoms with Gasteiger partial charge in [0.25, 0.3) is 0 Å². The molecule has 0 aromatic heterocycles. The fraction of sp³-hybridized carbons (Fsp3) is 1.00. The zero-order valence-electron chi connectivity index (χ0n) is 7.11. The summed E-state index contributed by atoms with van der Waals surface area (Å²) in [5.74, 6) is 0. The molecule has 0 rings (SSSR count). The second-order valence-corrected chi connectivity index (χ2v) is 2.30. The van der Waals surface area contributed by atoms with Gasteiger partial charge in [-0.25, -0.2) is 0 Å². The Hall–Kier alpha value is 0.500. The SMILES string of the molecule is CCOCCOCC.ClCCl. The summed E-state index contributed by atoms with van der Waals surface area (Å²) in [6.45, 7) is 6.98. The summed E-state index contributed by atoms with van der Waals surface area (Å²) < 4.78 is 10.0. The van der Waals surface area contributed by atoms with Crippen molar-refractivity contribution in [3.63, 3.8) is 0 Å². The van der Waals surface area contributed by atoms with E-state index in [0.29, 0.717) is 0 Å². The highest BCUT2D eigenvalue weighted by Crippen LogP contribution is 1.75. The molecule has 0 saturated heterocycles. The van der Waals surface area contributed by atoms with Gasteiger partial charge >= 0.3 is 0 Å². The Kier molecular flexibility index (Phi) is 21.5. The van der Waals surface area contributed by atoms with E-state index in [4.69, 9.17) is 32.7 Å². The quantitative estimate of drug-likeness (QED) is 0.504. The van der Waals surface area contributed by atoms with Crippen molar-refractivity contribution >= 4 is 23.2 Å². The van der Waals surface area contributed by atoms with E-state index in [1.54, 1.807) is 0 Å². The van der Waals surface area contributed by atoms with Gasteiger partial charge < -0.3 is 9.47 Å². The molecule has 0 aliphatic carbocycles. The highest BCUT2D eigenvalue weighted by Gasteiger charge is 1.81. The summed E-state index contributed by atoms with van der Waals surface area (Å²) in [4.78, 5) is 0. The normalized spacial score (nSPS) is 8.73. The van der Waals surface area contributed by atoms with Crippen LogP contribution in [0, 0.1) is 0 Å². The van der Waals surface area contributed by atoms with Gasteiger partial charge in [0, 0.05) is 13.2 Å². The van der Waals surface area contributed by atoms with E-state index in [2.05, 4.69) is 0 Å². The predicted octanol–water partition coefficient (Wildman–Crippen LogP) is 2.48. The Morgan fingerprint density at radius 2 is 1.18 bits per heavy atom. The van der Waals surface area contributed by atoms with E-state index in [-0.39, 0.29) is 5.34 Å². The fourth-order valence-corrected chi connectivity index (χ4v) is 0.407. The molecule has 0 N–H and O–H groups in total. The van der Waals surface area contributed by atoms with Gasteiger partial charge in [0.05, 0.1) is 18.6 Å². The molecule has 4 heteroatoms. The third-order valence-corrected chi connectivity index (χ3v) is 0.780. The summed E-state index contributed by atoms with van der Waals surface area (Å²) in [6.07, 6.45) is 0. The number of alkyl halides is 2. The molecule has 70 valence electrons. The Morgan fingerprint density at radius 1 is 0.909 bits per heavy atom. The van der Waals surface area contributed by atoms with Gasteiger partial charge in [-0.15, -0.1) is 23.2 Å². The monoisotopic (exact) mass is 202 g/mol. The largest absolute Gasteiger partial charge is 0.379 e. The summed E-state index contributed by atoms with van der Waals surface area (Å²) in [5.41, 5.74) is 0. The third kappa shape index (κ3) is 25.1. The van der Waals surface area contributed by atoms with Gasteiger partial charge in [-0.1, -0.05) is 0 Å². The second-order valence-electron chi connectivity index (χ2n) is 1.49.